The van der Waals surface area contributed by atoms with Crippen LogP contribution in [-0.4, -0.2) is 74.2 Å². The average molecular weight is 507 g/mol. The van der Waals surface area contributed by atoms with Crippen molar-refractivity contribution in [1.29, 1.82) is 0 Å². The summed E-state index contributed by atoms with van der Waals surface area (Å²) in [6, 6.07) is -0.223. The van der Waals surface area contributed by atoms with Gasteiger partial charge in [0.2, 0.25) is 23.6 Å². The van der Waals surface area contributed by atoms with Crippen LogP contribution in [0, 0.1) is 11.8 Å². The smallest absolute Gasteiger partial charge is 0.210 e. The fourth-order valence-corrected chi connectivity index (χ4v) is 4.50. The normalized spacial score (nSPS) is 24.2. The molecule has 2 aliphatic heterocycles. The quantitative estimate of drug-likeness (QED) is 0.292. The minimum atomic E-state index is -0.0585. The topological polar surface area (TPSA) is 86.4 Å². The van der Waals surface area contributed by atoms with E-state index in [1.165, 1.54) is 0 Å². The molecule has 2 aliphatic rings. The zero-order valence-corrected chi connectivity index (χ0v) is 24.0. The molecular formula is C28H50N4O4. The molecule has 0 unspecified atom stereocenters. The molecule has 0 fully saturated rings. The summed E-state index contributed by atoms with van der Waals surface area (Å²) < 4.78 is 23.5. The third-order valence-corrected chi connectivity index (χ3v) is 6.31. The van der Waals surface area contributed by atoms with Gasteiger partial charge in [-0.2, -0.15) is 0 Å². The molecule has 4 atom stereocenters. The highest BCUT2D eigenvalue weighted by Gasteiger charge is 2.32. The summed E-state index contributed by atoms with van der Waals surface area (Å²) in [4.78, 5) is 19.6. The van der Waals surface area contributed by atoms with Gasteiger partial charge in [-0.25, -0.2) is 20.0 Å². The van der Waals surface area contributed by atoms with Gasteiger partial charge in [-0.1, -0.05) is 53.4 Å². The van der Waals surface area contributed by atoms with Crippen molar-refractivity contribution in [1.82, 2.24) is 0 Å². The second-order valence-corrected chi connectivity index (χ2v) is 10.0. The lowest BCUT2D eigenvalue weighted by molar-refractivity contribution is 0.272. The second-order valence-electron chi connectivity index (χ2n) is 10.0. The molecule has 0 N–H and O–H groups in total. The number of nitrogens with zero attached hydrogens (tertiary/aromatic N) is 4. The average Bonchev–Trinajstić information content (AvgIpc) is 2.84. The molecule has 0 spiro atoms. The van der Waals surface area contributed by atoms with Crippen LogP contribution in [-0.2, 0) is 18.9 Å². The third-order valence-electron chi connectivity index (χ3n) is 6.31. The fraction of sp³-hybridized carbons (Fsp3) is 0.857. The summed E-state index contributed by atoms with van der Waals surface area (Å²) in [5.74, 6) is 3.66. The van der Waals surface area contributed by atoms with E-state index >= 15 is 0 Å². The Morgan fingerprint density at radius 1 is 0.500 bits per heavy atom. The first kappa shape index (κ1) is 30.1. The number of aliphatic imine (C=N–C) groups is 4. The summed E-state index contributed by atoms with van der Waals surface area (Å²) in [5.41, 5.74) is 0. The SMILES string of the molecule is CCOC1=N[C@H](CCCCCC[C@H]2N=C(OCC)[C@H](C(C)C)N=C2OCC)C(OCC)=N[C@H]1C(C)C. The molecule has 0 aliphatic carbocycles. The van der Waals surface area contributed by atoms with Crippen molar-refractivity contribution in [3.05, 3.63) is 0 Å². The molecule has 8 nitrogen and oxygen atoms in total. The highest BCUT2D eigenvalue weighted by molar-refractivity contribution is 5.94. The summed E-state index contributed by atoms with van der Waals surface area (Å²) in [6.07, 6.45) is 6.19. The standard InChI is InChI=1S/C28H50N4O4/c1-9-33-25-21(29-27(35-11-3)23(31-25)19(5)6)17-15-13-14-16-18-22-26(34-10-2)32-24(20(7)8)28(30-22)36-12-4/h19-24H,9-18H2,1-8H3/t21-,22-,23+,24+/m1/s1. The van der Waals surface area contributed by atoms with Gasteiger partial charge in [0.1, 0.15) is 24.2 Å². The highest BCUT2D eigenvalue weighted by atomic mass is 16.5. The van der Waals surface area contributed by atoms with Crippen LogP contribution in [0.5, 0.6) is 0 Å². The van der Waals surface area contributed by atoms with Crippen molar-refractivity contribution >= 4 is 23.6 Å². The van der Waals surface area contributed by atoms with Crippen LogP contribution in [0.15, 0.2) is 20.0 Å². The van der Waals surface area contributed by atoms with E-state index in [1.807, 2.05) is 27.7 Å². The van der Waals surface area contributed by atoms with Gasteiger partial charge in [0.15, 0.2) is 0 Å². The van der Waals surface area contributed by atoms with E-state index in [0.717, 1.165) is 62.1 Å². The van der Waals surface area contributed by atoms with E-state index in [1.54, 1.807) is 0 Å². The molecule has 0 bridgehead atoms. The molecule has 8 heteroatoms. The Hall–Kier alpha value is -2.12. The van der Waals surface area contributed by atoms with Crippen LogP contribution in [0.4, 0.5) is 0 Å². The van der Waals surface area contributed by atoms with Crippen LogP contribution >= 0.6 is 0 Å². The maximum atomic E-state index is 5.88. The molecular weight excluding hydrogens is 456 g/mol. The van der Waals surface area contributed by atoms with Gasteiger partial charge in [0.05, 0.1) is 26.4 Å². The maximum absolute atomic E-state index is 5.88. The number of unbranched alkanes of at least 4 members (excludes halogenated alkanes) is 3. The lowest BCUT2D eigenvalue weighted by atomic mass is 9.99. The van der Waals surface area contributed by atoms with Crippen LogP contribution in [0.25, 0.3) is 0 Å². The largest absolute Gasteiger partial charge is 0.480 e. The zero-order chi connectivity index (χ0) is 26.5. The van der Waals surface area contributed by atoms with Crippen LogP contribution < -0.4 is 0 Å². The van der Waals surface area contributed by atoms with E-state index in [2.05, 4.69) is 27.7 Å². The van der Waals surface area contributed by atoms with Crippen molar-refractivity contribution in [2.75, 3.05) is 26.4 Å². The van der Waals surface area contributed by atoms with Crippen molar-refractivity contribution in [3.8, 4) is 0 Å². The Bertz CT molecular complexity index is 712. The molecule has 206 valence electrons. The molecule has 0 radical (unpaired) electrons. The van der Waals surface area contributed by atoms with Crippen molar-refractivity contribution in [2.24, 2.45) is 31.8 Å². The summed E-state index contributed by atoms with van der Waals surface area (Å²) >= 11 is 0. The Balaban J connectivity index is 1.90. The Kier molecular flexibility index (Phi) is 13.3. The number of rotatable bonds is 13. The number of hydrogen-bond donors (Lipinski definition) is 0. The Labute approximate surface area is 219 Å². The van der Waals surface area contributed by atoms with E-state index < -0.39 is 0 Å². The van der Waals surface area contributed by atoms with Gasteiger partial charge in [0.25, 0.3) is 0 Å². The van der Waals surface area contributed by atoms with Gasteiger partial charge in [-0.15, -0.1) is 0 Å². The first-order valence-electron chi connectivity index (χ1n) is 14.2. The van der Waals surface area contributed by atoms with E-state index in [0.29, 0.717) is 38.3 Å². The van der Waals surface area contributed by atoms with Gasteiger partial charge in [0, 0.05) is 0 Å². The Morgan fingerprint density at radius 2 is 0.833 bits per heavy atom. The zero-order valence-electron chi connectivity index (χ0n) is 24.0. The summed E-state index contributed by atoms with van der Waals surface area (Å²) in [5, 5.41) is 0. The van der Waals surface area contributed by atoms with Crippen molar-refractivity contribution in [3.63, 3.8) is 0 Å². The highest BCUT2D eigenvalue weighted by Crippen LogP contribution is 2.23. The molecule has 0 amide bonds. The fourth-order valence-electron chi connectivity index (χ4n) is 4.50. The third kappa shape index (κ3) is 8.77. The summed E-state index contributed by atoms with van der Waals surface area (Å²) in [6.45, 7) is 19.0. The van der Waals surface area contributed by atoms with Crippen molar-refractivity contribution in [2.45, 2.75) is 118 Å². The predicted octanol–water partition coefficient (Wildman–Crippen LogP) is 5.88. The summed E-state index contributed by atoms with van der Waals surface area (Å²) in [7, 11) is 0. The monoisotopic (exact) mass is 506 g/mol. The molecule has 0 aromatic rings. The van der Waals surface area contributed by atoms with Crippen molar-refractivity contribution < 1.29 is 18.9 Å². The molecule has 0 aromatic carbocycles. The number of ether oxygens (including phenoxy) is 4. The lowest BCUT2D eigenvalue weighted by Gasteiger charge is -2.28. The van der Waals surface area contributed by atoms with Crippen LogP contribution in [0.1, 0.15) is 93.9 Å². The Morgan fingerprint density at radius 3 is 1.14 bits per heavy atom. The molecule has 36 heavy (non-hydrogen) atoms. The molecule has 0 saturated carbocycles. The van der Waals surface area contributed by atoms with Gasteiger partial charge in [-0.05, 0) is 52.4 Å². The molecule has 2 rings (SSSR count). The van der Waals surface area contributed by atoms with E-state index in [-0.39, 0.29) is 24.2 Å². The maximum Gasteiger partial charge on any atom is 0.210 e. The second kappa shape index (κ2) is 15.9. The van der Waals surface area contributed by atoms with Crippen LogP contribution in [0.2, 0.25) is 0 Å². The minimum Gasteiger partial charge on any atom is -0.480 e. The lowest BCUT2D eigenvalue weighted by Crippen LogP contribution is -2.38. The molecule has 0 aromatic heterocycles. The first-order chi connectivity index (χ1) is 17.4. The minimum absolute atomic E-state index is 0.0529. The van der Waals surface area contributed by atoms with Gasteiger partial charge in [-0.3, -0.25) is 0 Å². The van der Waals surface area contributed by atoms with Gasteiger partial charge >= 0.3 is 0 Å². The van der Waals surface area contributed by atoms with Crippen LogP contribution in [0.3, 0.4) is 0 Å². The van der Waals surface area contributed by atoms with E-state index in [9.17, 15) is 0 Å². The molecule has 0 saturated heterocycles. The van der Waals surface area contributed by atoms with E-state index in [4.69, 9.17) is 38.9 Å². The number of hydrogen-bond acceptors (Lipinski definition) is 8. The predicted molar refractivity (Wildman–Crippen MR) is 149 cm³/mol. The molecule has 2 heterocycles. The van der Waals surface area contributed by atoms with Gasteiger partial charge < -0.3 is 18.9 Å². The first-order valence-corrected chi connectivity index (χ1v) is 14.2.